The lowest BCUT2D eigenvalue weighted by atomic mass is 9.65. The fraction of sp³-hybridized carbons (Fsp3) is 0.583. The first-order chi connectivity index (χ1) is 13.1. The van der Waals surface area contributed by atoms with Crippen LogP contribution in [0, 0.1) is 31.6 Å². The van der Waals surface area contributed by atoms with Crippen molar-refractivity contribution in [3.05, 3.63) is 34.9 Å². The van der Waals surface area contributed by atoms with Gasteiger partial charge in [0, 0.05) is 18.0 Å². The highest BCUT2D eigenvalue weighted by atomic mass is 32.2. The highest BCUT2D eigenvalue weighted by Crippen LogP contribution is 2.52. The van der Waals surface area contributed by atoms with E-state index in [4.69, 9.17) is 4.98 Å². The summed E-state index contributed by atoms with van der Waals surface area (Å²) in [5.41, 5.74) is 5.40. The van der Waals surface area contributed by atoms with E-state index in [1.807, 2.05) is 0 Å². The number of likely N-dealkylation sites (tertiary alicyclic amines) is 1. The van der Waals surface area contributed by atoms with Crippen molar-refractivity contribution >= 4 is 28.6 Å². The van der Waals surface area contributed by atoms with E-state index in [0.717, 1.165) is 23.5 Å². The Hall–Kier alpha value is -1.55. The maximum absolute atomic E-state index is 13.1. The third-order valence-corrected chi connectivity index (χ3v) is 7.41. The van der Waals surface area contributed by atoms with Crippen molar-refractivity contribution in [3.63, 3.8) is 0 Å². The normalized spacial score (nSPS) is 26.1. The summed E-state index contributed by atoms with van der Waals surface area (Å²) in [5, 5.41) is 2.18. The molecular weight excluding hydrogens is 364 g/mol. The predicted octanol–water partition coefficient (Wildman–Crippen LogP) is 5.68. The molecule has 0 radical (unpaired) electrons. The first-order valence-corrected chi connectivity index (χ1v) is 11.3. The molecule has 0 spiro atoms. The summed E-state index contributed by atoms with van der Waals surface area (Å²) in [5.74, 6) is 0.757. The molecule has 2 bridgehead atoms. The number of pyridine rings is 1. The summed E-state index contributed by atoms with van der Waals surface area (Å²) in [4.78, 5) is 20.1. The molecule has 0 N–H and O–H groups in total. The lowest BCUT2D eigenvalue weighted by molar-refractivity contribution is -0.129. The second-order valence-corrected chi connectivity index (χ2v) is 11.3. The van der Waals surface area contributed by atoms with Crippen LogP contribution in [0.2, 0.25) is 0 Å². The van der Waals surface area contributed by atoms with Crippen molar-refractivity contribution in [2.24, 2.45) is 10.8 Å². The number of hydrogen-bond acceptors (Lipinski definition) is 3. The highest BCUT2D eigenvalue weighted by molar-refractivity contribution is 7.99. The van der Waals surface area contributed by atoms with Gasteiger partial charge in [0.15, 0.2) is 0 Å². The second-order valence-electron chi connectivity index (χ2n) is 10.3. The first-order valence-electron chi connectivity index (χ1n) is 10.4. The third kappa shape index (κ3) is 3.68. The number of aryl methyl sites for hydroxylation is 3. The fourth-order valence-electron chi connectivity index (χ4n) is 5.86. The summed E-state index contributed by atoms with van der Waals surface area (Å²) in [7, 11) is 0. The van der Waals surface area contributed by atoms with Crippen LogP contribution in [0.3, 0.4) is 0 Å². The maximum Gasteiger partial charge on any atom is 0.233 e. The lowest BCUT2D eigenvalue weighted by Crippen LogP contribution is -2.38. The Bertz CT molecular complexity index is 951. The summed E-state index contributed by atoms with van der Waals surface area (Å²) < 4.78 is 0. The standard InChI is InChI=1S/C24H32N2OS/c1-15-7-17(3)22-19(8-15)16(2)9-20(25-22)28-12-21(27)26-14-24(6)11-18(26)10-23(4,5)13-24/h7-9,18H,10-14H2,1-6H3/t18-,24+/m0/s1. The van der Waals surface area contributed by atoms with Crippen molar-refractivity contribution in [1.29, 1.82) is 0 Å². The number of fused-ring (bicyclic) bond motifs is 3. The minimum Gasteiger partial charge on any atom is -0.338 e. The van der Waals surface area contributed by atoms with Gasteiger partial charge in [-0.05, 0) is 74.1 Å². The van der Waals surface area contributed by atoms with Gasteiger partial charge in [0.25, 0.3) is 0 Å². The van der Waals surface area contributed by atoms with Gasteiger partial charge in [-0.3, -0.25) is 4.79 Å². The summed E-state index contributed by atoms with van der Waals surface area (Å²) in [6.07, 6.45) is 3.52. The van der Waals surface area contributed by atoms with E-state index in [1.165, 1.54) is 34.9 Å². The van der Waals surface area contributed by atoms with Crippen LogP contribution in [-0.2, 0) is 4.79 Å². The van der Waals surface area contributed by atoms with Crippen molar-refractivity contribution in [2.75, 3.05) is 12.3 Å². The molecule has 150 valence electrons. The molecule has 2 aliphatic rings. The molecule has 1 amide bonds. The molecule has 2 atom stereocenters. The van der Waals surface area contributed by atoms with Gasteiger partial charge >= 0.3 is 0 Å². The molecule has 1 saturated heterocycles. The molecule has 4 heteroatoms. The third-order valence-electron chi connectivity index (χ3n) is 6.51. The molecule has 1 aromatic heterocycles. The molecule has 1 aliphatic carbocycles. The van der Waals surface area contributed by atoms with Gasteiger partial charge < -0.3 is 4.90 Å². The van der Waals surface area contributed by atoms with Gasteiger partial charge in [-0.1, -0.05) is 44.2 Å². The zero-order chi connectivity index (χ0) is 20.3. The van der Waals surface area contributed by atoms with E-state index < -0.39 is 0 Å². The number of aromatic nitrogens is 1. The number of benzene rings is 1. The Kier molecular flexibility index (Phi) is 4.77. The van der Waals surface area contributed by atoms with Crippen molar-refractivity contribution in [1.82, 2.24) is 9.88 Å². The SMILES string of the molecule is Cc1cc(C)c2nc(SCC(=O)N3C[C@]4(C)C[C@@H]3CC(C)(C)C4)cc(C)c2c1. The number of hydrogen-bond donors (Lipinski definition) is 0. The van der Waals surface area contributed by atoms with Crippen LogP contribution in [0.5, 0.6) is 0 Å². The van der Waals surface area contributed by atoms with Crippen LogP contribution in [0.1, 0.15) is 56.7 Å². The smallest absolute Gasteiger partial charge is 0.233 e. The van der Waals surface area contributed by atoms with Gasteiger partial charge in [-0.2, -0.15) is 0 Å². The van der Waals surface area contributed by atoms with E-state index in [-0.39, 0.29) is 5.91 Å². The molecule has 1 saturated carbocycles. The maximum atomic E-state index is 13.1. The predicted molar refractivity (Wildman–Crippen MR) is 118 cm³/mol. The largest absolute Gasteiger partial charge is 0.338 e. The summed E-state index contributed by atoms with van der Waals surface area (Å²) in [6.45, 7) is 14.4. The molecule has 0 unspecified atom stereocenters. The Morgan fingerprint density at radius 3 is 2.64 bits per heavy atom. The Balaban J connectivity index is 1.50. The number of amides is 1. The molecule has 2 heterocycles. The van der Waals surface area contributed by atoms with E-state index in [1.54, 1.807) is 11.8 Å². The Labute approximate surface area is 173 Å². The summed E-state index contributed by atoms with van der Waals surface area (Å²) in [6, 6.07) is 6.93. The van der Waals surface area contributed by atoms with Crippen molar-refractivity contribution in [2.45, 2.75) is 71.9 Å². The average Bonchev–Trinajstić information content (AvgIpc) is 2.82. The quantitative estimate of drug-likeness (QED) is 0.626. The molecule has 4 rings (SSSR count). The fourth-order valence-corrected chi connectivity index (χ4v) is 6.71. The molecule has 1 aliphatic heterocycles. The molecule has 2 fully saturated rings. The molecule has 28 heavy (non-hydrogen) atoms. The zero-order valence-electron chi connectivity index (χ0n) is 18.1. The monoisotopic (exact) mass is 396 g/mol. The van der Waals surface area contributed by atoms with Crippen LogP contribution >= 0.6 is 11.8 Å². The zero-order valence-corrected chi connectivity index (χ0v) is 18.9. The Morgan fingerprint density at radius 2 is 1.89 bits per heavy atom. The van der Waals surface area contributed by atoms with E-state index in [9.17, 15) is 4.79 Å². The second kappa shape index (κ2) is 6.76. The minimum atomic E-state index is 0.275. The lowest BCUT2D eigenvalue weighted by Gasteiger charge is -2.39. The van der Waals surface area contributed by atoms with E-state index in [0.29, 0.717) is 22.6 Å². The minimum absolute atomic E-state index is 0.275. The van der Waals surface area contributed by atoms with Gasteiger partial charge in [-0.25, -0.2) is 4.98 Å². The molecule has 1 aromatic carbocycles. The first kappa shape index (κ1) is 19.8. The van der Waals surface area contributed by atoms with Crippen LogP contribution in [0.4, 0.5) is 0 Å². The van der Waals surface area contributed by atoms with E-state index >= 15 is 0 Å². The van der Waals surface area contributed by atoms with Crippen LogP contribution in [0.15, 0.2) is 23.2 Å². The van der Waals surface area contributed by atoms with Crippen LogP contribution < -0.4 is 0 Å². The topological polar surface area (TPSA) is 33.2 Å². The number of nitrogens with zero attached hydrogens (tertiary/aromatic N) is 2. The molecular formula is C24H32N2OS. The van der Waals surface area contributed by atoms with Gasteiger partial charge in [0.05, 0.1) is 16.3 Å². The van der Waals surface area contributed by atoms with Crippen LogP contribution in [0.25, 0.3) is 10.9 Å². The molecule has 2 aromatic rings. The van der Waals surface area contributed by atoms with Gasteiger partial charge in [0.2, 0.25) is 5.91 Å². The Morgan fingerprint density at radius 1 is 1.14 bits per heavy atom. The van der Waals surface area contributed by atoms with Crippen molar-refractivity contribution < 1.29 is 4.79 Å². The van der Waals surface area contributed by atoms with Crippen molar-refractivity contribution in [3.8, 4) is 0 Å². The number of carbonyl (C=O) groups excluding carboxylic acids is 1. The van der Waals surface area contributed by atoms with Gasteiger partial charge in [-0.15, -0.1) is 0 Å². The number of thioether (sulfide) groups is 1. The van der Waals surface area contributed by atoms with Crippen LogP contribution in [-0.4, -0.2) is 34.1 Å². The molecule has 3 nitrogen and oxygen atoms in total. The summed E-state index contributed by atoms with van der Waals surface area (Å²) >= 11 is 1.59. The average molecular weight is 397 g/mol. The number of rotatable bonds is 3. The van der Waals surface area contributed by atoms with Gasteiger partial charge in [0.1, 0.15) is 0 Å². The highest BCUT2D eigenvalue weighted by Gasteiger charge is 2.50. The van der Waals surface area contributed by atoms with E-state index in [2.05, 4.69) is 64.6 Å². The number of carbonyl (C=O) groups is 1.